The van der Waals surface area contributed by atoms with Gasteiger partial charge in [0.05, 0.1) is 0 Å². The summed E-state index contributed by atoms with van der Waals surface area (Å²) in [6.07, 6.45) is -14.8. The molecule has 0 aliphatic heterocycles. The van der Waals surface area contributed by atoms with Crippen molar-refractivity contribution in [2.24, 2.45) is 5.92 Å². The van der Waals surface area contributed by atoms with Crippen molar-refractivity contribution in [3.63, 3.8) is 0 Å². The van der Waals surface area contributed by atoms with E-state index >= 15 is 0 Å². The molecule has 2 atom stereocenters. The van der Waals surface area contributed by atoms with E-state index in [0.717, 1.165) is 0 Å². The van der Waals surface area contributed by atoms with Crippen LogP contribution < -0.4 is 0 Å². The molecule has 2 unspecified atom stereocenters. The van der Waals surface area contributed by atoms with Crippen molar-refractivity contribution in [1.82, 2.24) is 0 Å². The number of allylic oxidation sites excluding steroid dienone is 1. The Hall–Kier alpha value is -0.750. The van der Waals surface area contributed by atoms with Crippen LogP contribution in [0, 0.1) is 5.92 Å². The molecule has 0 aliphatic carbocycles. The molecule has 0 nitrogen and oxygen atoms in total. The van der Waals surface area contributed by atoms with Gasteiger partial charge in [0.15, 0.2) is 0 Å². The van der Waals surface area contributed by atoms with Gasteiger partial charge in [0.2, 0.25) is 6.17 Å². The summed E-state index contributed by atoms with van der Waals surface area (Å²) in [5.74, 6) is -3.20. The van der Waals surface area contributed by atoms with E-state index in [1.165, 1.54) is 0 Å². The lowest BCUT2D eigenvalue weighted by atomic mass is 10.0. The van der Waals surface area contributed by atoms with Crippen molar-refractivity contribution in [2.45, 2.75) is 18.5 Å². The summed E-state index contributed by atoms with van der Waals surface area (Å²) in [5.41, 5.74) is 0. The number of halogens is 7. The van der Waals surface area contributed by atoms with Crippen LogP contribution in [0.5, 0.6) is 0 Å². The van der Waals surface area contributed by atoms with Crippen LogP contribution in [0.2, 0.25) is 0 Å². The summed E-state index contributed by atoms with van der Waals surface area (Å²) in [6, 6.07) is 0. The molecule has 0 aliphatic rings. The number of hydrogen-bond acceptors (Lipinski definition) is 0. The van der Waals surface area contributed by atoms with Gasteiger partial charge in [0.1, 0.15) is 5.92 Å². The van der Waals surface area contributed by atoms with Gasteiger partial charge in [0, 0.05) is 0 Å². The van der Waals surface area contributed by atoms with Crippen molar-refractivity contribution in [1.29, 1.82) is 0 Å². The lowest BCUT2D eigenvalue weighted by Crippen LogP contribution is -2.39. The first-order chi connectivity index (χ1) is 5.60. The Morgan fingerprint density at radius 2 is 1.31 bits per heavy atom. The molecular formula is C6H5F7. The Bertz CT molecular complexity index is 176. The van der Waals surface area contributed by atoms with Crippen LogP contribution in [0.15, 0.2) is 12.7 Å². The summed E-state index contributed by atoms with van der Waals surface area (Å²) in [4.78, 5) is 0. The molecule has 0 saturated heterocycles. The lowest BCUT2D eigenvalue weighted by Gasteiger charge is -2.22. The molecule has 0 rings (SSSR count). The van der Waals surface area contributed by atoms with Crippen molar-refractivity contribution >= 4 is 0 Å². The van der Waals surface area contributed by atoms with E-state index in [-0.39, 0.29) is 6.08 Å². The fraction of sp³-hybridized carbons (Fsp3) is 0.667. The van der Waals surface area contributed by atoms with E-state index in [2.05, 4.69) is 6.58 Å². The second-order valence-electron chi connectivity index (χ2n) is 2.25. The standard InChI is InChI=1S/C6H5F7/c1-2-3(5(8,9)10)4(7)6(11,12)13/h2-4H,1H2. The zero-order chi connectivity index (χ0) is 10.9. The van der Waals surface area contributed by atoms with Gasteiger partial charge in [-0.05, 0) is 0 Å². The zero-order valence-corrected chi connectivity index (χ0v) is 6.08. The molecule has 78 valence electrons. The fourth-order valence-corrected chi connectivity index (χ4v) is 0.623. The van der Waals surface area contributed by atoms with Crippen LogP contribution in [-0.2, 0) is 0 Å². The second kappa shape index (κ2) is 3.55. The Morgan fingerprint density at radius 3 is 1.38 bits per heavy atom. The lowest BCUT2D eigenvalue weighted by molar-refractivity contribution is -0.244. The molecule has 0 radical (unpaired) electrons. The minimum atomic E-state index is -5.52. The monoisotopic (exact) mass is 210 g/mol. The predicted octanol–water partition coefficient (Wildman–Crippen LogP) is 3.25. The van der Waals surface area contributed by atoms with Crippen LogP contribution in [-0.4, -0.2) is 18.5 Å². The maximum atomic E-state index is 12.2. The maximum Gasteiger partial charge on any atom is 0.420 e. The highest BCUT2D eigenvalue weighted by Crippen LogP contribution is 2.38. The SMILES string of the molecule is C=CC(C(F)C(F)(F)F)C(F)(F)F. The van der Waals surface area contributed by atoms with Crippen molar-refractivity contribution in [2.75, 3.05) is 0 Å². The summed E-state index contributed by atoms with van der Waals surface area (Å²) in [6.45, 7) is 2.50. The van der Waals surface area contributed by atoms with Gasteiger partial charge in [-0.15, -0.1) is 6.58 Å². The molecule has 0 aromatic heterocycles. The quantitative estimate of drug-likeness (QED) is 0.484. The molecule has 0 saturated carbocycles. The Kier molecular flexibility index (Phi) is 3.34. The fourth-order valence-electron chi connectivity index (χ4n) is 0.623. The van der Waals surface area contributed by atoms with Gasteiger partial charge >= 0.3 is 12.4 Å². The highest BCUT2D eigenvalue weighted by molar-refractivity contribution is 4.93. The van der Waals surface area contributed by atoms with Crippen LogP contribution >= 0.6 is 0 Å². The van der Waals surface area contributed by atoms with Crippen LogP contribution in [0.25, 0.3) is 0 Å². The molecule has 0 heterocycles. The third-order valence-electron chi connectivity index (χ3n) is 1.26. The molecule has 0 N–H and O–H groups in total. The zero-order valence-electron chi connectivity index (χ0n) is 6.08. The van der Waals surface area contributed by atoms with E-state index in [0.29, 0.717) is 0 Å². The van der Waals surface area contributed by atoms with Gasteiger partial charge in [-0.25, -0.2) is 4.39 Å². The largest absolute Gasteiger partial charge is 0.420 e. The molecule has 0 amide bonds. The first kappa shape index (κ1) is 12.2. The molecule has 0 aromatic rings. The molecule has 13 heavy (non-hydrogen) atoms. The molecule has 0 aromatic carbocycles. The Labute approximate surface area is 69.0 Å². The Balaban J connectivity index is 4.71. The minimum Gasteiger partial charge on any atom is -0.236 e. The average molecular weight is 210 g/mol. The van der Waals surface area contributed by atoms with E-state index in [9.17, 15) is 30.7 Å². The van der Waals surface area contributed by atoms with Crippen LogP contribution in [0.3, 0.4) is 0 Å². The van der Waals surface area contributed by atoms with E-state index in [1.54, 1.807) is 0 Å². The van der Waals surface area contributed by atoms with Gasteiger partial charge in [-0.1, -0.05) is 6.08 Å². The van der Waals surface area contributed by atoms with Crippen LogP contribution in [0.1, 0.15) is 0 Å². The van der Waals surface area contributed by atoms with Gasteiger partial charge < -0.3 is 0 Å². The Morgan fingerprint density at radius 1 is 0.923 bits per heavy atom. The first-order valence-electron chi connectivity index (χ1n) is 3.00. The molecule has 0 spiro atoms. The van der Waals surface area contributed by atoms with Crippen LogP contribution in [0.4, 0.5) is 30.7 Å². The minimum absolute atomic E-state index is 0.0991. The summed E-state index contributed by atoms with van der Waals surface area (Å²) in [7, 11) is 0. The molecule has 0 fully saturated rings. The first-order valence-corrected chi connectivity index (χ1v) is 3.00. The average Bonchev–Trinajstić information content (AvgIpc) is 1.83. The highest BCUT2D eigenvalue weighted by atomic mass is 19.4. The summed E-state index contributed by atoms with van der Waals surface area (Å²) in [5, 5.41) is 0. The predicted molar refractivity (Wildman–Crippen MR) is 30.7 cm³/mol. The number of rotatable bonds is 2. The third-order valence-corrected chi connectivity index (χ3v) is 1.26. The van der Waals surface area contributed by atoms with E-state index in [4.69, 9.17) is 0 Å². The molecule has 0 bridgehead atoms. The summed E-state index contributed by atoms with van der Waals surface area (Å²) < 4.78 is 81.7. The molecular weight excluding hydrogens is 205 g/mol. The third kappa shape index (κ3) is 3.23. The topological polar surface area (TPSA) is 0 Å². The van der Waals surface area contributed by atoms with Crippen molar-refractivity contribution < 1.29 is 30.7 Å². The highest BCUT2D eigenvalue weighted by Gasteiger charge is 2.54. The van der Waals surface area contributed by atoms with Crippen molar-refractivity contribution in [3.05, 3.63) is 12.7 Å². The van der Waals surface area contributed by atoms with Gasteiger partial charge in [-0.3, -0.25) is 0 Å². The smallest absolute Gasteiger partial charge is 0.236 e. The normalized spacial score (nSPS) is 18.1. The maximum absolute atomic E-state index is 12.2. The van der Waals surface area contributed by atoms with E-state index in [1.807, 2.05) is 0 Å². The van der Waals surface area contributed by atoms with Crippen molar-refractivity contribution in [3.8, 4) is 0 Å². The number of hydrogen-bond donors (Lipinski definition) is 0. The van der Waals surface area contributed by atoms with Gasteiger partial charge in [0.25, 0.3) is 0 Å². The second-order valence-corrected chi connectivity index (χ2v) is 2.25. The molecule has 7 heteroatoms. The van der Waals surface area contributed by atoms with Gasteiger partial charge in [-0.2, -0.15) is 26.3 Å². The van der Waals surface area contributed by atoms with E-state index < -0.39 is 24.4 Å². The summed E-state index contributed by atoms with van der Waals surface area (Å²) >= 11 is 0. The number of alkyl halides is 7.